The monoisotopic (exact) mass is 292 g/mol. The number of aliphatic hydroxyl groups is 1. The molecule has 0 atom stereocenters. The van der Waals surface area contributed by atoms with Gasteiger partial charge in [0.05, 0.1) is 10.5 Å². The number of aromatic nitrogens is 1. The van der Waals surface area contributed by atoms with Crippen molar-refractivity contribution in [1.29, 1.82) is 0 Å². The fourth-order valence-corrected chi connectivity index (χ4v) is 2.41. The standard InChI is InChI=1S/C14H16N2O3S/c1-14(2,17)12-7-11(10-3-5-16-6-4-10)8-13(9-12)20(15,18)19/h3-9,17H,1-2H3,(H2,15,18,19). The van der Waals surface area contributed by atoms with Crippen LogP contribution < -0.4 is 5.14 Å². The van der Waals surface area contributed by atoms with Crippen molar-refractivity contribution in [3.05, 3.63) is 48.3 Å². The SMILES string of the molecule is CC(C)(O)c1cc(-c2ccncc2)cc(S(N)(=O)=O)c1. The summed E-state index contributed by atoms with van der Waals surface area (Å²) in [4.78, 5) is 3.90. The van der Waals surface area contributed by atoms with E-state index in [2.05, 4.69) is 4.98 Å². The van der Waals surface area contributed by atoms with Crippen LogP contribution in [0.3, 0.4) is 0 Å². The van der Waals surface area contributed by atoms with Crippen LogP contribution in [0.5, 0.6) is 0 Å². The van der Waals surface area contributed by atoms with Crippen molar-refractivity contribution in [3.63, 3.8) is 0 Å². The summed E-state index contributed by atoms with van der Waals surface area (Å²) in [6.07, 6.45) is 3.23. The zero-order chi connectivity index (χ0) is 15.0. The molecule has 0 bridgehead atoms. The van der Waals surface area contributed by atoms with Gasteiger partial charge in [0.15, 0.2) is 0 Å². The Morgan fingerprint density at radius 1 is 1.10 bits per heavy atom. The summed E-state index contributed by atoms with van der Waals surface area (Å²) in [5.74, 6) is 0. The molecule has 0 saturated carbocycles. The minimum absolute atomic E-state index is 0.0241. The van der Waals surface area contributed by atoms with E-state index in [-0.39, 0.29) is 4.90 Å². The highest BCUT2D eigenvalue weighted by atomic mass is 32.2. The number of nitrogens with zero attached hydrogens (tertiary/aromatic N) is 1. The van der Waals surface area contributed by atoms with Crippen molar-refractivity contribution in [2.45, 2.75) is 24.3 Å². The third-order valence-electron chi connectivity index (χ3n) is 2.96. The molecule has 0 aliphatic carbocycles. The van der Waals surface area contributed by atoms with Crippen LogP contribution in [0.4, 0.5) is 0 Å². The summed E-state index contributed by atoms with van der Waals surface area (Å²) in [6, 6.07) is 8.14. The first-order valence-electron chi connectivity index (χ1n) is 5.99. The van der Waals surface area contributed by atoms with E-state index in [0.29, 0.717) is 11.1 Å². The second kappa shape index (κ2) is 4.97. The summed E-state index contributed by atoms with van der Waals surface area (Å²) < 4.78 is 23.2. The largest absolute Gasteiger partial charge is 0.386 e. The molecule has 0 unspecified atom stereocenters. The molecule has 0 fully saturated rings. The molecular weight excluding hydrogens is 276 g/mol. The maximum absolute atomic E-state index is 11.6. The van der Waals surface area contributed by atoms with E-state index >= 15 is 0 Å². The predicted molar refractivity (Wildman–Crippen MR) is 76.3 cm³/mol. The quantitative estimate of drug-likeness (QED) is 0.899. The fourth-order valence-electron chi connectivity index (χ4n) is 1.83. The van der Waals surface area contributed by atoms with Crippen LogP contribution in [0.15, 0.2) is 47.6 Å². The van der Waals surface area contributed by atoms with E-state index in [1.54, 1.807) is 44.4 Å². The molecule has 2 rings (SSSR count). The van der Waals surface area contributed by atoms with Crippen molar-refractivity contribution in [3.8, 4) is 11.1 Å². The number of primary sulfonamides is 1. The molecule has 6 heteroatoms. The number of hydrogen-bond acceptors (Lipinski definition) is 4. The van der Waals surface area contributed by atoms with Gasteiger partial charge >= 0.3 is 0 Å². The summed E-state index contributed by atoms with van der Waals surface area (Å²) >= 11 is 0. The average Bonchev–Trinajstić information content (AvgIpc) is 2.37. The molecular formula is C14H16N2O3S. The summed E-state index contributed by atoms with van der Waals surface area (Å²) in [5.41, 5.74) is 0.783. The van der Waals surface area contributed by atoms with Crippen molar-refractivity contribution < 1.29 is 13.5 Å². The predicted octanol–water partition coefficient (Wildman–Crippen LogP) is 1.62. The van der Waals surface area contributed by atoms with Crippen LogP contribution >= 0.6 is 0 Å². The van der Waals surface area contributed by atoms with E-state index < -0.39 is 15.6 Å². The maximum Gasteiger partial charge on any atom is 0.238 e. The Labute approximate surface area is 118 Å². The van der Waals surface area contributed by atoms with Crippen LogP contribution in [-0.2, 0) is 15.6 Å². The van der Waals surface area contributed by atoms with Gasteiger partial charge in [-0.1, -0.05) is 0 Å². The van der Waals surface area contributed by atoms with Crippen molar-refractivity contribution in [1.82, 2.24) is 4.98 Å². The highest BCUT2D eigenvalue weighted by Gasteiger charge is 2.20. The highest BCUT2D eigenvalue weighted by Crippen LogP contribution is 2.29. The van der Waals surface area contributed by atoms with Gasteiger partial charge < -0.3 is 5.11 Å². The lowest BCUT2D eigenvalue weighted by Crippen LogP contribution is -2.18. The second-order valence-corrected chi connectivity index (χ2v) is 6.65. The molecule has 0 spiro atoms. The third-order valence-corrected chi connectivity index (χ3v) is 3.85. The van der Waals surface area contributed by atoms with Crippen LogP contribution in [0.2, 0.25) is 0 Å². The molecule has 3 N–H and O–H groups in total. The lowest BCUT2D eigenvalue weighted by Gasteiger charge is -2.20. The Balaban J connectivity index is 2.70. The highest BCUT2D eigenvalue weighted by molar-refractivity contribution is 7.89. The molecule has 1 aromatic carbocycles. The van der Waals surface area contributed by atoms with E-state index in [1.807, 2.05) is 0 Å². The van der Waals surface area contributed by atoms with Crippen LogP contribution in [0.25, 0.3) is 11.1 Å². The molecule has 20 heavy (non-hydrogen) atoms. The first-order valence-corrected chi connectivity index (χ1v) is 7.54. The first-order chi connectivity index (χ1) is 9.18. The number of pyridine rings is 1. The Morgan fingerprint density at radius 2 is 1.70 bits per heavy atom. The van der Waals surface area contributed by atoms with Gasteiger partial charge in [-0.3, -0.25) is 4.98 Å². The Hall–Kier alpha value is -1.76. The van der Waals surface area contributed by atoms with Crippen LogP contribution in [-0.4, -0.2) is 18.5 Å². The van der Waals surface area contributed by atoms with Gasteiger partial charge in [-0.2, -0.15) is 0 Å². The molecule has 0 saturated heterocycles. The number of nitrogens with two attached hydrogens (primary N) is 1. The van der Waals surface area contributed by atoms with E-state index in [4.69, 9.17) is 5.14 Å². The second-order valence-electron chi connectivity index (χ2n) is 5.09. The Kier molecular flexibility index (Phi) is 3.64. The third kappa shape index (κ3) is 3.22. The molecule has 0 radical (unpaired) electrons. The molecule has 5 nitrogen and oxygen atoms in total. The normalized spacial score (nSPS) is 12.4. The van der Waals surface area contributed by atoms with Gasteiger partial charge in [0, 0.05) is 12.4 Å². The molecule has 2 aromatic rings. The average molecular weight is 292 g/mol. The molecule has 0 aliphatic rings. The number of sulfonamides is 1. The van der Waals surface area contributed by atoms with E-state index in [0.717, 1.165) is 5.56 Å². The van der Waals surface area contributed by atoms with Gasteiger partial charge in [0.1, 0.15) is 0 Å². The zero-order valence-corrected chi connectivity index (χ0v) is 12.1. The lowest BCUT2D eigenvalue weighted by molar-refractivity contribution is 0.0784. The van der Waals surface area contributed by atoms with Gasteiger partial charge in [-0.05, 0) is 60.9 Å². The Morgan fingerprint density at radius 3 is 2.20 bits per heavy atom. The van der Waals surface area contributed by atoms with Crippen LogP contribution in [0.1, 0.15) is 19.4 Å². The van der Waals surface area contributed by atoms with Gasteiger partial charge in [0.25, 0.3) is 0 Å². The fraction of sp³-hybridized carbons (Fsp3) is 0.214. The maximum atomic E-state index is 11.6. The first kappa shape index (κ1) is 14.6. The summed E-state index contributed by atoms with van der Waals surface area (Å²) in [6.45, 7) is 3.18. The van der Waals surface area contributed by atoms with Gasteiger partial charge in [-0.15, -0.1) is 0 Å². The molecule has 1 aromatic heterocycles. The smallest absolute Gasteiger partial charge is 0.238 e. The van der Waals surface area contributed by atoms with E-state index in [1.165, 1.54) is 12.1 Å². The molecule has 1 heterocycles. The van der Waals surface area contributed by atoms with Gasteiger partial charge in [0.2, 0.25) is 10.0 Å². The van der Waals surface area contributed by atoms with Crippen molar-refractivity contribution in [2.75, 3.05) is 0 Å². The minimum Gasteiger partial charge on any atom is -0.386 e. The number of benzene rings is 1. The zero-order valence-electron chi connectivity index (χ0n) is 11.2. The Bertz CT molecular complexity index is 720. The summed E-state index contributed by atoms with van der Waals surface area (Å²) in [7, 11) is -3.84. The number of rotatable bonds is 3. The van der Waals surface area contributed by atoms with Crippen molar-refractivity contribution >= 4 is 10.0 Å². The molecule has 106 valence electrons. The van der Waals surface area contributed by atoms with E-state index in [9.17, 15) is 13.5 Å². The minimum atomic E-state index is -3.84. The van der Waals surface area contributed by atoms with Crippen molar-refractivity contribution in [2.24, 2.45) is 5.14 Å². The van der Waals surface area contributed by atoms with Crippen LogP contribution in [0, 0.1) is 0 Å². The summed E-state index contributed by atoms with van der Waals surface area (Å²) in [5, 5.41) is 15.3. The van der Waals surface area contributed by atoms with Gasteiger partial charge in [-0.25, -0.2) is 13.6 Å². The number of hydrogen-bond donors (Lipinski definition) is 2. The lowest BCUT2D eigenvalue weighted by atomic mass is 9.94. The molecule has 0 amide bonds. The topological polar surface area (TPSA) is 93.3 Å². The molecule has 0 aliphatic heterocycles.